The lowest BCUT2D eigenvalue weighted by molar-refractivity contribution is -0.138. The maximum atomic E-state index is 12.0. The van der Waals surface area contributed by atoms with Gasteiger partial charge in [-0.2, -0.15) is 13.2 Å². The van der Waals surface area contributed by atoms with Crippen molar-refractivity contribution in [3.63, 3.8) is 0 Å². The number of hydrogen-bond donors (Lipinski definition) is 2. The van der Waals surface area contributed by atoms with Gasteiger partial charge >= 0.3 is 6.18 Å². The molecule has 0 aromatic heterocycles. The van der Waals surface area contributed by atoms with Gasteiger partial charge in [-0.1, -0.05) is 6.07 Å². The van der Waals surface area contributed by atoms with Crippen LogP contribution < -0.4 is 11.1 Å². The molecule has 1 unspecified atom stereocenters. The molecule has 3 nitrogen and oxygen atoms in total. The predicted molar refractivity (Wildman–Crippen MR) is 65.6 cm³/mol. The molecular formula is C13H15F3N2O. The Kier molecular flexibility index (Phi) is 3.68. The molecule has 1 aliphatic carbocycles. The Hall–Kier alpha value is -1.72. The Balaban J connectivity index is 1.94. The normalized spacial score (nSPS) is 18.2. The van der Waals surface area contributed by atoms with Gasteiger partial charge in [0.2, 0.25) is 5.91 Å². The first-order valence-electron chi connectivity index (χ1n) is 6.07. The number of nitrogens with one attached hydrogen (secondary N) is 1. The number of nitrogens with two attached hydrogens (primary N) is 1. The van der Waals surface area contributed by atoms with Crippen LogP contribution in [0.15, 0.2) is 18.2 Å². The highest BCUT2D eigenvalue weighted by Gasteiger charge is 2.29. The lowest BCUT2D eigenvalue weighted by atomic mass is 9.97. The van der Waals surface area contributed by atoms with Gasteiger partial charge in [-0.15, -0.1) is 0 Å². The number of alkyl halides is 3. The summed E-state index contributed by atoms with van der Waals surface area (Å²) in [6, 6.07) is 5.48. The van der Waals surface area contributed by atoms with Gasteiger partial charge in [-0.25, -0.2) is 0 Å². The fourth-order valence-electron chi connectivity index (χ4n) is 2.43. The van der Waals surface area contributed by atoms with Gasteiger partial charge < -0.3 is 11.1 Å². The first-order valence-corrected chi connectivity index (χ1v) is 6.07. The van der Waals surface area contributed by atoms with Gasteiger partial charge in [-0.05, 0) is 42.0 Å². The molecule has 1 aromatic carbocycles. The minimum Gasteiger partial charge on any atom is -0.399 e. The number of aryl methyl sites for hydroxylation is 1. The Morgan fingerprint density at radius 1 is 1.42 bits per heavy atom. The third-order valence-corrected chi connectivity index (χ3v) is 3.29. The average molecular weight is 272 g/mol. The third-order valence-electron chi connectivity index (χ3n) is 3.29. The zero-order valence-electron chi connectivity index (χ0n) is 10.3. The topological polar surface area (TPSA) is 55.1 Å². The summed E-state index contributed by atoms with van der Waals surface area (Å²) in [6.45, 7) is -1.27. The van der Waals surface area contributed by atoms with Gasteiger partial charge in [0.05, 0.1) is 0 Å². The van der Waals surface area contributed by atoms with Crippen LogP contribution in [0.4, 0.5) is 18.9 Å². The quantitative estimate of drug-likeness (QED) is 0.830. The van der Waals surface area contributed by atoms with Crippen LogP contribution in [0.3, 0.4) is 0 Å². The second-order valence-electron chi connectivity index (χ2n) is 4.79. The minimum absolute atomic E-state index is 0.0103. The number of benzene rings is 1. The van der Waals surface area contributed by atoms with Crippen LogP contribution in [-0.2, 0) is 11.2 Å². The van der Waals surface area contributed by atoms with E-state index in [1.807, 2.05) is 17.4 Å². The molecule has 0 radical (unpaired) electrons. The summed E-state index contributed by atoms with van der Waals surface area (Å²) in [5, 5.41) is 1.90. The summed E-state index contributed by atoms with van der Waals surface area (Å²) in [6.07, 6.45) is -2.68. The molecule has 0 heterocycles. The van der Waals surface area contributed by atoms with Crippen LogP contribution in [0, 0.1) is 0 Å². The number of fused-ring (bicyclic) bond motifs is 1. The molecule has 19 heavy (non-hydrogen) atoms. The number of carbonyl (C=O) groups is 1. The van der Waals surface area contributed by atoms with Gasteiger partial charge in [0.1, 0.15) is 6.54 Å². The van der Waals surface area contributed by atoms with Crippen LogP contribution in [0.5, 0.6) is 0 Å². The van der Waals surface area contributed by atoms with E-state index in [2.05, 4.69) is 0 Å². The van der Waals surface area contributed by atoms with E-state index in [-0.39, 0.29) is 12.3 Å². The molecule has 0 aliphatic heterocycles. The van der Waals surface area contributed by atoms with Crippen molar-refractivity contribution in [1.82, 2.24) is 5.32 Å². The number of amides is 1. The lowest BCUT2D eigenvalue weighted by Gasteiger charge is -2.13. The van der Waals surface area contributed by atoms with Crippen molar-refractivity contribution in [1.29, 1.82) is 0 Å². The Morgan fingerprint density at radius 2 is 2.16 bits per heavy atom. The van der Waals surface area contributed by atoms with E-state index in [4.69, 9.17) is 5.73 Å². The fraction of sp³-hybridized carbons (Fsp3) is 0.462. The van der Waals surface area contributed by atoms with Crippen molar-refractivity contribution in [2.24, 2.45) is 0 Å². The maximum Gasteiger partial charge on any atom is 0.405 e. The summed E-state index contributed by atoms with van der Waals surface area (Å²) in [4.78, 5) is 11.5. The second kappa shape index (κ2) is 5.11. The molecule has 1 aliphatic rings. The first-order chi connectivity index (χ1) is 8.85. The largest absolute Gasteiger partial charge is 0.405 e. The van der Waals surface area contributed by atoms with E-state index in [0.29, 0.717) is 5.69 Å². The highest BCUT2D eigenvalue weighted by molar-refractivity contribution is 5.77. The molecular weight excluding hydrogens is 257 g/mol. The number of hydrogen-bond acceptors (Lipinski definition) is 2. The minimum atomic E-state index is -4.36. The molecule has 2 rings (SSSR count). The maximum absolute atomic E-state index is 12.0. The van der Waals surface area contributed by atoms with Crippen molar-refractivity contribution in [2.75, 3.05) is 12.3 Å². The number of nitrogen functional groups attached to an aromatic ring is 1. The number of carbonyl (C=O) groups excluding carboxylic acids is 1. The fourth-order valence-corrected chi connectivity index (χ4v) is 2.43. The summed E-state index contributed by atoms with van der Waals surface area (Å²) in [5.74, 6) is -0.573. The zero-order valence-corrected chi connectivity index (χ0v) is 10.3. The summed E-state index contributed by atoms with van der Waals surface area (Å²) < 4.78 is 36.0. The summed E-state index contributed by atoms with van der Waals surface area (Å²) >= 11 is 0. The molecule has 104 valence electrons. The van der Waals surface area contributed by atoms with Crippen LogP contribution in [-0.4, -0.2) is 18.6 Å². The van der Waals surface area contributed by atoms with Gasteiger partial charge in [0.25, 0.3) is 0 Å². The van der Waals surface area contributed by atoms with E-state index in [1.54, 1.807) is 6.07 Å². The smallest absolute Gasteiger partial charge is 0.399 e. The molecule has 0 saturated carbocycles. The van der Waals surface area contributed by atoms with Crippen molar-refractivity contribution < 1.29 is 18.0 Å². The van der Waals surface area contributed by atoms with Crippen LogP contribution >= 0.6 is 0 Å². The SMILES string of the molecule is Nc1ccc2c(c1)CCC2CC(=O)NCC(F)(F)F. The molecule has 6 heteroatoms. The number of halogens is 3. The van der Waals surface area contributed by atoms with Gasteiger partial charge in [-0.3, -0.25) is 4.79 Å². The summed E-state index contributed by atoms with van der Waals surface area (Å²) in [7, 11) is 0. The molecule has 0 bridgehead atoms. The van der Waals surface area contributed by atoms with E-state index in [9.17, 15) is 18.0 Å². The molecule has 3 N–H and O–H groups in total. The van der Waals surface area contributed by atoms with Crippen molar-refractivity contribution >= 4 is 11.6 Å². The molecule has 0 fully saturated rings. The first kappa shape index (κ1) is 13.7. The molecule has 0 spiro atoms. The lowest BCUT2D eigenvalue weighted by Crippen LogP contribution is -2.34. The van der Waals surface area contributed by atoms with E-state index in [0.717, 1.165) is 24.0 Å². The Morgan fingerprint density at radius 3 is 2.84 bits per heavy atom. The Bertz CT molecular complexity index is 485. The van der Waals surface area contributed by atoms with Crippen molar-refractivity contribution in [3.8, 4) is 0 Å². The second-order valence-corrected chi connectivity index (χ2v) is 4.79. The van der Waals surface area contributed by atoms with Crippen LogP contribution in [0.1, 0.15) is 29.9 Å². The average Bonchev–Trinajstić information content (AvgIpc) is 2.68. The van der Waals surface area contributed by atoms with Crippen LogP contribution in [0.25, 0.3) is 0 Å². The molecule has 1 amide bonds. The van der Waals surface area contributed by atoms with Crippen molar-refractivity contribution in [3.05, 3.63) is 29.3 Å². The zero-order chi connectivity index (χ0) is 14.0. The molecule has 0 saturated heterocycles. The van der Waals surface area contributed by atoms with Gasteiger partial charge in [0, 0.05) is 12.1 Å². The highest BCUT2D eigenvalue weighted by atomic mass is 19.4. The molecule has 1 aromatic rings. The summed E-state index contributed by atoms with van der Waals surface area (Å²) in [5.41, 5.74) is 8.45. The van der Waals surface area contributed by atoms with Crippen LogP contribution in [0.2, 0.25) is 0 Å². The van der Waals surface area contributed by atoms with E-state index in [1.165, 1.54) is 0 Å². The van der Waals surface area contributed by atoms with Gasteiger partial charge in [0.15, 0.2) is 0 Å². The molecule has 1 atom stereocenters. The highest BCUT2D eigenvalue weighted by Crippen LogP contribution is 2.36. The number of rotatable bonds is 3. The van der Waals surface area contributed by atoms with E-state index < -0.39 is 18.6 Å². The third kappa shape index (κ3) is 3.62. The predicted octanol–water partition coefficient (Wildman–Crippen LogP) is 2.37. The monoisotopic (exact) mass is 272 g/mol. The Labute approximate surface area is 109 Å². The van der Waals surface area contributed by atoms with E-state index >= 15 is 0 Å². The number of anilines is 1. The standard InChI is InChI=1S/C13H15F3N2O/c14-13(15,16)7-18-12(19)6-9-2-1-8-5-10(17)3-4-11(8)9/h3-5,9H,1-2,6-7,17H2,(H,18,19). The van der Waals surface area contributed by atoms with Crippen molar-refractivity contribution in [2.45, 2.75) is 31.4 Å².